The van der Waals surface area contributed by atoms with Gasteiger partial charge in [0.15, 0.2) is 6.10 Å². The van der Waals surface area contributed by atoms with E-state index in [4.69, 9.17) is 4.74 Å². The first-order valence-corrected chi connectivity index (χ1v) is 10.6. The summed E-state index contributed by atoms with van der Waals surface area (Å²) in [6, 6.07) is 13.5. The quantitative estimate of drug-likeness (QED) is 0.499. The standard InChI is InChI=1S/C24H24N4O5/c1-14(23(31)28-13-22(30)27-19-9-5-6-10-21(19)28)33-24(32)20(26-15(2)29)11-16-12-25-18-8-4-3-7-17(16)18/h3-10,12,14,20,25H,11,13H2,1-2H3,(H,26,29)(H,27,30)/t14-,20-/m1/s1. The number of aromatic nitrogens is 1. The average molecular weight is 448 g/mol. The first-order valence-electron chi connectivity index (χ1n) is 10.6. The number of hydrogen-bond acceptors (Lipinski definition) is 5. The van der Waals surface area contributed by atoms with E-state index in [0.29, 0.717) is 11.4 Å². The Hall–Kier alpha value is -4.14. The van der Waals surface area contributed by atoms with E-state index in [0.717, 1.165) is 16.5 Å². The zero-order valence-corrected chi connectivity index (χ0v) is 18.3. The number of amides is 3. The van der Waals surface area contributed by atoms with E-state index in [2.05, 4.69) is 15.6 Å². The Kier molecular flexibility index (Phi) is 6.12. The lowest BCUT2D eigenvalue weighted by Crippen LogP contribution is -2.49. The number of carbonyl (C=O) groups excluding carboxylic acids is 4. The molecule has 3 N–H and O–H groups in total. The molecule has 0 fully saturated rings. The monoisotopic (exact) mass is 448 g/mol. The molecule has 1 aliphatic rings. The molecule has 9 nitrogen and oxygen atoms in total. The molecule has 3 amide bonds. The molecule has 3 aromatic rings. The van der Waals surface area contributed by atoms with Crippen LogP contribution in [0.15, 0.2) is 54.7 Å². The largest absolute Gasteiger partial charge is 0.451 e. The third-order valence-corrected chi connectivity index (χ3v) is 5.44. The van der Waals surface area contributed by atoms with Crippen molar-refractivity contribution < 1.29 is 23.9 Å². The Bertz CT molecular complexity index is 1230. The van der Waals surface area contributed by atoms with E-state index < -0.39 is 29.9 Å². The molecule has 0 saturated carbocycles. The minimum Gasteiger partial charge on any atom is -0.451 e. The van der Waals surface area contributed by atoms with Gasteiger partial charge in [0, 0.05) is 30.4 Å². The lowest BCUT2D eigenvalue weighted by Gasteiger charge is -2.31. The van der Waals surface area contributed by atoms with E-state index in [1.54, 1.807) is 30.5 Å². The number of hydrogen-bond donors (Lipinski definition) is 3. The van der Waals surface area contributed by atoms with Gasteiger partial charge in [-0.15, -0.1) is 0 Å². The predicted molar refractivity (Wildman–Crippen MR) is 123 cm³/mol. The molecule has 2 atom stereocenters. The maximum Gasteiger partial charge on any atom is 0.329 e. The van der Waals surface area contributed by atoms with Crippen molar-refractivity contribution in [1.82, 2.24) is 10.3 Å². The average Bonchev–Trinajstić information content (AvgIpc) is 3.20. The van der Waals surface area contributed by atoms with Crippen LogP contribution >= 0.6 is 0 Å². The highest BCUT2D eigenvalue weighted by molar-refractivity contribution is 6.11. The van der Waals surface area contributed by atoms with Crippen molar-refractivity contribution in [3.8, 4) is 0 Å². The van der Waals surface area contributed by atoms with Crippen LogP contribution in [0.4, 0.5) is 11.4 Å². The minimum atomic E-state index is -1.16. The summed E-state index contributed by atoms with van der Waals surface area (Å²) in [7, 11) is 0. The van der Waals surface area contributed by atoms with Crippen molar-refractivity contribution in [1.29, 1.82) is 0 Å². The second-order valence-corrected chi connectivity index (χ2v) is 7.89. The first kappa shape index (κ1) is 22.1. The molecule has 0 radical (unpaired) electrons. The second kappa shape index (κ2) is 9.15. The number of carbonyl (C=O) groups is 4. The fraction of sp³-hybridized carbons (Fsp3) is 0.250. The van der Waals surface area contributed by atoms with Gasteiger partial charge in [-0.05, 0) is 30.7 Å². The molecule has 1 aliphatic heterocycles. The van der Waals surface area contributed by atoms with Gasteiger partial charge in [0.25, 0.3) is 5.91 Å². The number of nitrogens with zero attached hydrogens (tertiary/aromatic N) is 1. The van der Waals surface area contributed by atoms with Crippen LogP contribution in [0.3, 0.4) is 0 Å². The molecule has 1 aromatic heterocycles. The van der Waals surface area contributed by atoms with Crippen molar-refractivity contribution in [2.45, 2.75) is 32.4 Å². The van der Waals surface area contributed by atoms with Gasteiger partial charge in [0.05, 0.1) is 11.4 Å². The Morgan fingerprint density at radius 1 is 1.12 bits per heavy atom. The summed E-state index contributed by atoms with van der Waals surface area (Å²) in [6.45, 7) is 2.58. The minimum absolute atomic E-state index is 0.178. The van der Waals surface area contributed by atoms with E-state index in [1.807, 2.05) is 24.3 Å². The van der Waals surface area contributed by atoms with E-state index in [-0.39, 0.29) is 18.9 Å². The van der Waals surface area contributed by atoms with Crippen molar-refractivity contribution in [2.24, 2.45) is 0 Å². The van der Waals surface area contributed by atoms with Crippen LogP contribution in [0.2, 0.25) is 0 Å². The van der Waals surface area contributed by atoms with Crippen molar-refractivity contribution in [3.05, 3.63) is 60.3 Å². The lowest BCUT2D eigenvalue weighted by atomic mass is 10.0. The normalized spacial score (nSPS) is 14.7. The molecular formula is C24H24N4O5. The number of aromatic amines is 1. The van der Waals surface area contributed by atoms with Crippen LogP contribution in [0, 0.1) is 0 Å². The van der Waals surface area contributed by atoms with Crippen LogP contribution in [0.1, 0.15) is 19.4 Å². The SMILES string of the molecule is CC(=O)N[C@H](Cc1c[nH]c2ccccc12)C(=O)O[C@H](C)C(=O)N1CC(=O)Nc2ccccc21. The zero-order chi connectivity index (χ0) is 23.5. The van der Waals surface area contributed by atoms with E-state index in [1.165, 1.54) is 18.7 Å². The summed E-state index contributed by atoms with van der Waals surface area (Å²) in [6.07, 6.45) is 0.818. The van der Waals surface area contributed by atoms with Crippen LogP contribution in [-0.2, 0) is 30.3 Å². The number of H-pyrrole nitrogens is 1. The number of fused-ring (bicyclic) bond motifs is 2. The molecule has 9 heteroatoms. The van der Waals surface area contributed by atoms with Gasteiger partial charge < -0.3 is 20.4 Å². The van der Waals surface area contributed by atoms with Gasteiger partial charge in [-0.1, -0.05) is 30.3 Å². The predicted octanol–water partition coefficient (Wildman–Crippen LogP) is 2.13. The third-order valence-electron chi connectivity index (χ3n) is 5.44. The van der Waals surface area contributed by atoms with Crippen molar-refractivity contribution in [3.63, 3.8) is 0 Å². The van der Waals surface area contributed by atoms with Crippen LogP contribution in [-0.4, -0.2) is 47.4 Å². The molecular weight excluding hydrogens is 424 g/mol. The molecule has 0 unspecified atom stereocenters. The maximum absolute atomic E-state index is 13.1. The highest BCUT2D eigenvalue weighted by atomic mass is 16.5. The molecule has 0 spiro atoms. The van der Waals surface area contributed by atoms with Crippen molar-refractivity contribution >= 4 is 46.0 Å². The molecule has 0 aliphatic carbocycles. The fourth-order valence-corrected chi connectivity index (χ4v) is 3.92. The zero-order valence-electron chi connectivity index (χ0n) is 18.3. The fourth-order valence-electron chi connectivity index (χ4n) is 3.92. The summed E-state index contributed by atoms with van der Waals surface area (Å²) in [5.74, 6) is -1.99. The van der Waals surface area contributed by atoms with Gasteiger partial charge in [0.1, 0.15) is 12.6 Å². The Morgan fingerprint density at radius 3 is 2.64 bits per heavy atom. The molecule has 170 valence electrons. The third kappa shape index (κ3) is 4.72. The smallest absolute Gasteiger partial charge is 0.329 e. The molecule has 2 heterocycles. The van der Waals surface area contributed by atoms with Crippen LogP contribution in [0.25, 0.3) is 10.9 Å². The number of esters is 1. The summed E-state index contributed by atoms with van der Waals surface area (Å²) in [4.78, 5) is 54.2. The topological polar surface area (TPSA) is 121 Å². The summed E-state index contributed by atoms with van der Waals surface area (Å²) in [5.41, 5.74) is 2.79. The van der Waals surface area contributed by atoms with Gasteiger partial charge >= 0.3 is 5.97 Å². The Balaban J connectivity index is 1.50. The first-order chi connectivity index (χ1) is 15.8. The Morgan fingerprint density at radius 2 is 1.85 bits per heavy atom. The van der Waals surface area contributed by atoms with Gasteiger partial charge in [-0.3, -0.25) is 19.3 Å². The summed E-state index contributed by atoms with van der Waals surface area (Å²) >= 11 is 0. The van der Waals surface area contributed by atoms with Crippen LogP contribution < -0.4 is 15.5 Å². The van der Waals surface area contributed by atoms with Crippen molar-refractivity contribution in [2.75, 3.05) is 16.8 Å². The Labute approximate surface area is 190 Å². The van der Waals surface area contributed by atoms with E-state index in [9.17, 15) is 19.2 Å². The molecule has 0 bridgehead atoms. The lowest BCUT2D eigenvalue weighted by molar-refractivity contribution is -0.156. The maximum atomic E-state index is 13.1. The van der Waals surface area contributed by atoms with Gasteiger partial charge in [0.2, 0.25) is 11.8 Å². The van der Waals surface area contributed by atoms with Gasteiger partial charge in [-0.2, -0.15) is 0 Å². The summed E-state index contributed by atoms with van der Waals surface area (Å²) in [5, 5.41) is 6.26. The second-order valence-electron chi connectivity index (χ2n) is 7.89. The van der Waals surface area contributed by atoms with Gasteiger partial charge in [-0.25, -0.2) is 4.79 Å². The number of anilines is 2. The number of ether oxygens (including phenoxy) is 1. The highest BCUT2D eigenvalue weighted by Gasteiger charge is 2.33. The number of nitrogens with one attached hydrogen (secondary N) is 3. The highest BCUT2D eigenvalue weighted by Crippen LogP contribution is 2.29. The number of benzene rings is 2. The molecule has 4 rings (SSSR count). The molecule has 0 saturated heterocycles. The molecule has 33 heavy (non-hydrogen) atoms. The van der Waals surface area contributed by atoms with Crippen LogP contribution in [0.5, 0.6) is 0 Å². The number of para-hydroxylation sites is 3. The number of rotatable bonds is 6. The summed E-state index contributed by atoms with van der Waals surface area (Å²) < 4.78 is 5.45. The molecule has 2 aromatic carbocycles. The van der Waals surface area contributed by atoms with E-state index >= 15 is 0 Å².